The molecule has 0 radical (unpaired) electrons. The van der Waals surface area contributed by atoms with Gasteiger partial charge in [-0.05, 0) is 23.8 Å². The molecule has 86 valence electrons. The quantitative estimate of drug-likeness (QED) is 0.612. The number of phenols is 1. The summed E-state index contributed by atoms with van der Waals surface area (Å²) in [5.41, 5.74) is 0.921. The predicted molar refractivity (Wildman–Crippen MR) is 67.6 cm³/mol. The van der Waals surface area contributed by atoms with Crippen LogP contribution in [0.25, 0.3) is 6.08 Å². The minimum Gasteiger partial charge on any atom is -0.504 e. The van der Waals surface area contributed by atoms with Crippen LogP contribution >= 0.6 is 12.6 Å². The number of ether oxygens (including phenoxy) is 1. The molecule has 0 amide bonds. The molecule has 0 aromatic heterocycles. The molecule has 0 spiro atoms. The van der Waals surface area contributed by atoms with E-state index < -0.39 is 0 Å². The number of methoxy groups -OCH3 is 1. The van der Waals surface area contributed by atoms with E-state index in [0.29, 0.717) is 17.6 Å². The van der Waals surface area contributed by atoms with Crippen LogP contribution in [0.3, 0.4) is 0 Å². The summed E-state index contributed by atoms with van der Waals surface area (Å²) in [6.07, 6.45) is 5.13. The van der Waals surface area contributed by atoms with Gasteiger partial charge in [-0.3, -0.25) is 4.79 Å². The number of hydrogen-bond donors (Lipinski definition) is 2. The van der Waals surface area contributed by atoms with Crippen LogP contribution in [0, 0.1) is 0 Å². The average Bonchev–Trinajstić information content (AvgIpc) is 2.30. The monoisotopic (exact) mass is 238 g/mol. The summed E-state index contributed by atoms with van der Waals surface area (Å²) in [5, 5.41) is 9.72. The molecule has 0 unspecified atom stereocenters. The molecule has 1 aromatic rings. The van der Waals surface area contributed by atoms with Crippen LogP contribution in [0.5, 0.6) is 11.5 Å². The Morgan fingerprint density at radius 1 is 1.50 bits per heavy atom. The Balaban J connectivity index is 3.10. The third-order valence-corrected chi connectivity index (χ3v) is 2.40. The molecule has 1 aromatic carbocycles. The van der Waals surface area contributed by atoms with E-state index >= 15 is 0 Å². The standard InChI is InChI=1S/C12H14O3S/c1-15-11-6-5-9(4-2-3-7-16)10(8-13)12(11)14/h2,4-6,8,14,16H,3,7H2,1H3. The molecular weight excluding hydrogens is 224 g/mol. The van der Waals surface area contributed by atoms with E-state index in [2.05, 4.69) is 12.6 Å². The van der Waals surface area contributed by atoms with Gasteiger partial charge < -0.3 is 9.84 Å². The van der Waals surface area contributed by atoms with Gasteiger partial charge in [-0.15, -0.1) is 0 Å². The minimum atomic E-state index is -0.120. The first-order valence-electron chi connectivity index (χ1n) is 4.87. The Hall–Kier alpha value is -1.42. The van der Waals surface area contributed by atoms with Gasteiger partial charge in [-0.25, -0.2) is 0 Å². The van der Waals surface area contributed by atoms with E-state index in [-0.39, 0.29) is 11.3 Å². The highest BCUT2D eigenvalue weighted by Crippen LogP contribution is 2.31. The van der Waals surface area contributed by atoms with Gasteiger partial charge in [0.1, 0.15) is 0 Å². The van der Waals surface area contributed by atoms with Crippen molar-refractivity contribution in [1.29, 1.82) is 0 Å². The van der Waals surface area contributed by atoms with Gasteiger partial charge in [0.2, 0.25) is 0 Å². The molecule has 0 aliphatic carbocycles. The second-order valence-corrected chi connectivity index (χ2v) is 3.60. The number of carbonyl (C=O) groups excluding carboxylic acids is 1. The first-order chi connectivity index (χ1) is 7.74. The average molecular weight is 238 g/mol. The summed E-state index contributed by atoms with van der Waals surface area (Å²) in [6.45, 7) is 0. The molecule has 1 rings (SSSR count). The lowest BCUT2D eigenvalue weighted by Gasteiger charge is -2.07. The molecule has 0 heterocycles. The Morgan fingerprint density at radius 2 is 2.25 bits per heavy atom. The van der Waals surface area contributed by atoms with Crippen molar-refractivity contribution < 1.29 is 14.6 Å². The third-order valence-electron chi connectivity index (χ3n) is 2.14. The summed E-state index contributed by atoms with van der Waals surface area (Å²) in [5.74, 6) is 0.925. The maximum atomic E-state index is 10.9. The Morgan fingerprint density at radius 3 is 2.81 bits per heavy atom. The number of aldehydes is 1. The minimum absolute atomic E-state index is 0.120. The number of carbonyl (C=O) groups is 1. The second kappa shape index (κ2) is 6.23. The van der Waals surface area contributed by atoms with Gasteiger partial charge in [0, 0.05) is 0 Å². The predicted octanol–water partition coefficient (Wildman–Crippen LogP) is 2.55. The van der Waals surface area contributed by atoms with E-state index in [4.69, 9.17) is 4.74 Å². The van der Waals surface area contributed by atoms with Crippen molar-refractivity contribution in [2.24, 2.45) is 0 Å². The lowest BCUT2D eigenvalue weighted by Crippen LogP contribution is -1.91. The fourth-order valence-electron chi connectivity index (χ4n) is 1.32. The molecule has 0 atom stereocenters. The molecule has 4 heteroatoms. The van der Waals surface area contributed by atoms with Crippen molar-refractivity contribution in [2.75, 3.05) is 12.9 Å². The molecule has 0 fully saturated rings. The summed E-state index contributed by atoms with van der Waals surface area (Å²) in [4.78, 5) is 10.9. The van der Waals surface area contributed by atoms with Gasteiger partial charge in [0.25, 0.3) is 0 Å². The lowest BCUT2D eigenvalue weighted by molar-refractivity contribution is 0.112. The zero-order valence-corrected chi connectivity index (χ0v) is 9.91. The molecule has 1 N–H and O–H groups in total. The topological polar surface area (TPSA) is 46.5 Å². The Kier molecular flexibility index (Phi) is 4.92. The van der Waals surface area contributed by atoms with Crippen LogP contribution in [0.2, 0.25) is 0 Å². The number of benzene rings is 1. The first-order valence-corrected chi connectivity index (χ1v) is 5.50. The smallest absolute Gasteiger partial charge is 0.168 e. The lowest BCUT2D eigenvalue weighted by atomic mass is 10.1. The van der Waals surface area contributed by atoms with Crippen molar-refractivity contribution in [2.45, 2.75) is 6.42 Å². The normalized spacial score (nSPS) is 10.6. The zero-order chi connectivity index (χ0) is 12.0. The molecule has 0 bridgehead atoms. The number of hydrogen-bond acceptors (Lipinski definition) is 4. The van der Waals surface area contributed by atoms with Crippen molar-refractivity contribution in [1.82, 2.24) is 0 Å². The SMILES string of the molecule is COc1ccc(C=CCCS)c(C=O)c1O. The molecular formula is C12H14O3S. The molecule has 3 nitrogen and oxygen atoms in total. The van der Waals surface area contributed by atoms with Gasteiger partial charge in [-0.2, -0.15) is 12.6 Å². The van der Waals surface area contributed by atoms with Crippen molar-refractivity contribution in [3.8, 4) is 11.5 Å². The second-order valence-electron chi connectivity index (χ2n) is 3.15. The maximum absolute atomic E-state index is 10.9. The molecule has 0 aliphatic heterocycles. The van der Waals surface area contributed by atoms with Gasteiger partial charge in [-0.1, -0.05) is 18.2 Å². The maximum Gasteiger partial charge on any atom is 0.168 e. The molecule has 0 aliphatic rings. The fourth-order valence-corrected chi connectivity index (χ4v) is 1.47. The van der Waals surface area contributed by atoms with Crippen molar-refractivity contribution >= 4 is 25.0 Å². The number of phenolic OH excluding ortho intramolecular Hbond substituents is 1. The van der Waals surface area contributed by atoms with Gasteiger partial charge >= 0.3 is 0 Å². The van der Waals surface area contributed by atoms with Crippen molar-refractivity contribution in [3.05, 3.63) is 29.3 Å². The van der Waals surface area contributed by atoms with Crippen molar-refractivity contribution in [3.63, 3.8) is 0 Å². The van der Waals surface area contributed by atoms with Crippen LogP contribution in [-0.2, 0) is 0 Å². The summed E-state index contributed by atoms with van der Waals surface area (Å²) < 4.78 is 4.92. The highest BCUT2D eigenvalue weighted by atomic mass is 32.1. The highest BCUT2D eigenvalue weighted by Gasteiger charge is 2.10. The number of allylic oxidation sites excluding steroid dienone is 1. The Bertz CT molecular complexity index is 399. The Labute approximate surface area is 100 Å². The van der Waals surface area contributed by atoms with E-state index in [1.54, 1.807) is 18.2 Å². The van der Waals surface area contributed by atoms with Crippen LogP contribution < -0.4 is 4.74 Å². The summed E-state index contributed by atoms with van der Waals surface area (Å²) in [7, 11) is 1.44. The van der Waals surface area contributed by atoms with E-state index in [0.717, 1.165) is 12.2 Å². The van der Waals surface area contributed by atoms with Gasteiger partial charge in [0.15, 0.2) is 17.8 Å². The van der Waals surface area contributed by atoms with Crippen LogP contribution in [0.1, 0.15) is 22.3 Å². The third kappa shape index (κ3) is 2.79. The number of thiol groups is 1. The summed E-state index contributed by atoms with van der Waals surface area (Å²) >= 11 is 4.08. The highest BCUT2D eigenvalue weighted by molar-refractivity contribution is 7.80. The van der Waals surface area contributed by atoms with Gasteiger partial charge in [0.05, 0.1) is 12.7 Å². The zero-order valence-electron chi connectivity index (χ0n) is 9.01. The molecule has 0 saturated heterocycles. The van der Waals surface area contributed by atoms with E-state index in [9.17, 15) is 9.90 Å². The van der Waals surface area contributed by atoms with E-state index in [1.165, 1.54) is 7.11 Å². The van der Waals surface area contributed by atoms with Crippen LogP contribution in [0.4, 0.5) is 0 Å². The number of aromatic hydroxyl groups is 1. The molecule has 0 saturated carbocycles. The molecule has 16 heavy (non-hydrogen) atoms. The first kappa shape index (κ1) is 12.6. The van der Waals surface area contributed by atoms with E-state index in [1.807, 2.05) is 6.08 Å². The number of rotatable bonds is 5. The summed E-state index contributed by atoms with van der Waals surface area (Å²) in [6, 6.07) is 3.36. The van der Waals surface area contributed by atoms with Crippen LogP contribution in [-0.4, -0.2) is 24.3 Å². The fraction of sp³-hybridized carbons (Fsp3) is 0.250. The largest absolute Gasteiger partial charge is 0.504 e. The van der Waals surface area contributed by atoms with Crippen LogP contribution in [0.15, 0.2) is 18.2 Å².